The molecule has 0 aromatic carbocycles. The van der Waals surface area contributed by atoms with Crippen LogP contribution in [-0.2, 0) is 0 Å². The molecule has 0 heteroatoms. The number of hydrogen-bond acceptors (Lipinski definition) is 0. The van der Waals surface area contributed by atoms with E-state index in [1.807, 2.05) is 0 Å². The van der Waals surface area contributed by atoms with Gasteiger partial charge in [-0.15, -0.1) is 0 Å². The molecule has 1 unspecified atom stereocenters. The van der Waals surface area contributed by atoms with E-state index >= 15 is 0 Å². The molecule has 14 heavy (non-hydrogen) atoms. The lowest BCUT2D eigenvalue weighted by Crippen LogP contribution is -2.17. The Bertz CT molecular complexity index is 179. The first-order valence-electron chi connectivity index (χ1n) is 6.01. The molecule has 0 aromatic heterocycles. The Labute approximate surface area is 90.8 Å². The van der Waals surface area contributed by atoms with Gasteiger partial charge in [-0.05, 0) is 23.7 Å². The molecule has 0 N–H and O–H groups in total. The Balaban J connectivity index is 4.73. The van der Waals surface area contributed by atoms with Gasteiger partial charge in [0.05, 0.1) is 0 Å². The molecule has 0 radical (unpaired) electrons. The third-order valence-electron chi connectivity index (χ3n) is 2.63. The Kier molecular flexibility index (Phi) is 5.48. The summed E-state index contributed by atoms with van der Waals surface area (Å²) in [5.41, 5.74) is 1.97. The third kappa shape index (κ3) is 4.83. The topological polar surface area (TPSA) is 0 Å². The summed E-state index contributed by atoms with van der Waals surface area (Å²) in [4.78, 5) is 0. The maximum absolute atomic E-state index is 2.46. The summed E-state index contributed by atoms with van der Waals surface area (Å²) in [6.07, 6.45) is 5.06. The van der Waals surface area contributed by atoms with Crippen LogP contribution in [0.5, 0.6) is 0 Å². The van der Waals surface area contributed by atoms with Crippen molar-refractivity contribution in [3.05, 3.63) is 11.6 Å². The first kappa shape index (κ1) is 13.7. The summed E-state index contributed by atoms with van der Waals surface area (Å²) < 4.78 is 0. The van der Waals surface area contributed by atoms with E-state index in [1.165, 1.54) is 12.8 Å². The highest BCUT2D eigenvalue weighted by molar-refractivity contribution is 5.14. The van der Waals surface area contributed by atoms with Gasteiger partial charge in [0.15, 0.2) is 0 Å². The lowest BCUT2D eigenvalue weighted by atomic mass is 9.76. The fourth-order valence-electron chi connectivity index (χ4n) is 2.10. The van der Waals surface area contributed by atoms with Crippen molar-refractivity contribution in [2.45, 2.75) is 61.3 Å². The van der Waals surface area contributed by atoms with Crippen LogP contribution in [0, 0.1) is 17.3 Å². The molecule has 0 spiro atoms. The van der Waals surface area contributed by atoms with Gasteiger partial charge < -0.3 is 0 Å². The average molecular weight is 196 g/mol. The van der Waals surface area contributed by atoms with Crippen LogP contribution in [-0.4, -0.2) is 0 Å². The lowest BCUT2D eigenvalue weighted by Gasteiger charge is -2.29. The van der Waals surface area contributed by atoms with E-state index in [2.05, 4.69) is 54.5 Å². The van der Waals surface area contributed by atoms with Gasteiger partial charge >= 0.3 is 0 Å². The van der Waals surface area contributed by atoms with Gasteiger partial charge in [-0.25, -0.2) is 0 Å². The molecular formula is C14H28. The van der Waals surface area contributed by atoms with Gasteiger partial charge in [0.1, 0.15) is 0 Å². The zero-order valence-electron chi connectivity index (χ0n) is 11.1. The molecule has 0 amide bonds. The molecule has 84 valence electrons. The van der Waals surface area contributed by atoms with Gasteiger partial charge in [0, 0.05) is 0 Å². The minimum Gasteiger partial charge on any atom is -0.0820 e. The van der Waals surface area contributed by atoms with Crippen molar-refractivity contribution < 1.29 is 0 Å². The highest BCUT2D eigenvalue weighted by Gasteiger charge is 2.21. The Hall–Kier alpha value is -0.260. The molecule has 0 fully saturated rings. The fourth-order valence-corrected chi connectivity index (χ4v) is 2.10. The van der Waals surface area contributed by atoms with Crippen molar-refractivity contribution >= 4 is 0 Å². The van der Waals surface area contributed by atoms with Crippen LogP contribution >= 0.6 is 0 Å². The van der Waals surface area contributed by atoms with Crippen molar-refractivity contribution in [2.75, 3.05) is 0 Å². The Morgan fingerprint density at radius 3 is 1.93 bits per heavy atom. The molecule has 1 atom stereocenters. The van der Waals surface area contributed by atoms with Crippen molar-refractivity contribution in [1.82, 2.24) is 0 Å². The molecule has 0 aliphatic carbocycles. The quantitative estimate of drug-likeness (QED) is 0.552. The molecular weight excluding hydrogens is 168 g/mol. The van der Waals surface area contributed by atoms with E-state index in [4.69, 9.17) is 0 Å². The summed E-state index contributed by atoms with van der Waals surface area (Å²) in [6, 6.07) is 0. The molecule has 0 aromatic rings. The second-order valence-corrected chi connectivity index (χ2v) is 5.81. The SMILES string of the molecule is CCCC(C)C(=CC(C)C)C(C)(C)C. The molecule has 0 saturated carbocycles. The van der Waals surface area contributed by atoms with Gasteiger partial charge in [0.25, 0.3) is 0 Å². The Morgan fingerprint density at radius 1 is 1.14 bits per heavy atom. The molecule has 0 heterocycles. The number of hydrogen-bond donors (Lipinski definition) is 0. The highest BCUT2D eigenvalue weighted by atomic mass is 14.3. The summed E-state index contributed by atoms with van der Waals surface area (Å²) in [5, 5.41) is 0. The fraction of sp³-hybridized carbons (Fsp3) is 0.857. The first-order valence-corrected chi connectivity index (χ1v) is 6.01. The average Bonchev–Trinajstić information content (AvgIpc) is 1.98. The number of allylic oxidation sites excluding steroid dienone is 2. The van der Waals surface area contributed by atoms with E-state index in [-0.39, 0.29) is 0 Å². The van der Waals surface area contributed by atoms with Crippen LogP contribution in [0.1, 0.15) is 61.3 Å². The van der Waals surface area contributed by atoms with Crippen molar-refractivity contribution in [1.29, 1.82) is 0 Å². The summed E-state index contributed by atoms with van der Waals surface area (Å²) >= 11 is 0. The van der Waals surface area contributed by atoms with E-state index in [1.54, 1.807) is 5.57 Å². The van der Waals surface area contributed by atoms with Crippen molar-refractivity contribution in [3.63, 3.8) is 0 Å². The van der Waals surface area contributed by atoms with Crippen LogP contribution in [0.3, 0.4) is 0 Å². The van der Waals surface area contributed by atoms with Crippen molar-refractivity contribution in [2.24, 2.45) is 17.3 Å². The monoisotopic (exact) mass is 196 g/mol. The predicted molar refractivity (Wildman–Crippen MR) is 66.4 cm³/mol. The lowest BCUT2D eigenvalue weighted by molar-refractivity contribution is 0.414. The van der Waals surface area contributed by atoms with Crippen LogP contribution in [0.2, 0.25) is 0 Å². The molecule has 0 nitrogen and oxygen atoms in total. The molecule has 0 aliphatic heterocycles. The summed E-state index contributed by atoms with van der Waals surface area (Å²) in [5.74, 6) is 1.41. The molecule has 0 aliphatic rings. The number of rotatable bonds is 4. The smallest absolute Gasteiger partial charge is 0.0170 e. The van der Waals surface area contributed by atoms with Crippen LogP contribution in [0.25, 0.3) is 0 Å². The highest BCUT2D eigenvalue weighted by Crippen LogP contribution is 2.34. The first-order chi connectivity index (χ1) is 6.29. The Morgan fingerprint density at radius 2 is 1.64 bits per heavy atom. The second kappa shape index (κ2) is 5.58. The second-order valence-electron chi connectivity index (χ2n) is 5.81. The standard InChI is InChI=1S/C14H28/c1-8-9-12(4)13(10-11(2)3)14(5,6)7/h10-12H,8-9H2,1-7H3. The predicted octanol–water partition coefficient (Wildman–Crippen LogP) is 5.05. The van der Waals surface area contributed by atoms with E-state index < -0.39 is 0 Å². The van der Waals surface area contributed by atoms with Crippen molar-refractivity contribution in [3.8, 4) is 0 Å². The van der Waals surface area contributed by atoms with Gasteiger partial charge in [-0.2, -0.15) is 0 Å². The molecule has 0 bridgehead atoms. The largest absolute Gasteiger partial charge is 0.0820 e. The van der Waals surface area contributed by atoms with Crippen LogP contribution in [0.4, 0.5) is 0 Å². The van der Waals surface area contributed by atoms with Gasteiger partial charge in [0.2, 0.25) is 0 Å². The van der Waals surface area contributed by atoms with E-state index in [9.17, 15) is 0 Å². The third-order valence-corrected chi connectivity index (χ3v) is 2.63. The minimum absolute atomic E-state index is 0.332. The van der Waals surface area contributed by atoms with E-state index in [0.29, 0.717) is 11.3 Å². The van der Waals surface area contributed by atoms with Gasteiger partial charge in [-0.1, -0.05) is 66.5 Å². The molecule has 0 rings (SSSR count). The van der Waals surface area contributed by atoms with Gasteiger partial charge in [-0.3, -0.25) is 0 Å². The summed E-state index contributed by atoms with van der Waals surface area (Å²) in [6.45, 7) is 16.2. The molecule has 0 saturated heterocycles. The zero-order chi connectivity index (χ0) is 11.4. The zero-order valence-corrected chi connectivity index (χ0v) is 11.1. The maximum Gasteiger partial charge on any atom is -0.0170 e. The minimum atomic E-state index is 0.332. The van der Waals surface area contributed by atoms with Crippen LogP contribution in [0.15, 0.2) is 11.6 Å². The maximum atomic E-state index is 2.46. The normalized spacial score (nSPS) is 16.1. The van der Waals surface area contributed by atoms with E-state index in [0.717, 1.165) is 5.92 Å². The summed E-state index contributed by atoms with van der Waals surface area (Å²) in [7, 11) is 0. The van der Waals surface area contributed by atoms with Crippen LogP contribution < -0.4 is 0 Å².